The molecule has 0 saturated heterocycles. The number of amides is 1. The number of hydrogen-bond donors (Lipinski definition) is 2. The number of hydrogen-bond acceptors (Lipinski definition) is 4. The second-order valence-electron chi connectivity index (χ2n) is 6.36. The molecule has 28 heavy (non-hydrogen) atoms. The fourth-order valence-electron chi connectivity index (χ4n) is 2.61. The predicted octanol–water partition coefficient (Wildman–Crippen LogP) is 2.77. The Bertz CT molecular complexity index is 933. The third-order valence-corrected chi connectivity index (χ3v) is 5.58. The molecule has 0 aromatic heterocycles. The Kier molecular flexibility index (Phi) is 7.22. The Morgan fingerprint density at radius 1 is 1.11 bits per heavy atom. The second kappa shape index (κ2) is 9.22. The van der Waals surface area contributed by atoms with Crippen molar-refractivity contribution in [3.8, 4) is 0 Å². The molecule has 0 heterocycles. The van der Waals surface area contributed by atoms with E-state index in [-0.39, 0.29) is 22.6 Å². The molecule has 0 spiro atoms. The smallest absolute Gasteiger partial charge is 0.251 e. The first-order chi connectivity index (χ1) is 13.1. The number of ether oxygens (including phenoxy) is 1. The molecule has 2 aromatic carbocycles. The van der Waals surface area contributed by atoms with E-state index in [2.05, 4.69) is 10.0 Å². The van der Waals surface area contributed by atoms with Gasteiger partial charge in [0.05, 0.1) is 17.5 Å². The summed E-state index contributed by atoms with van der Waals surface area (Å²) in [7, 11) is -2.28. The van der Waals surface area contributed by atoms with Crippen molar-refractivity contribution >= 4 is 15.9 Å². The van der Waals surface area contributed by atoms with Crippen LogP contribution in [0.5, 0.6) is 0 Å². The molecular weight excluding hydrogens is 390 g/mol. The van der Waals surface area contributed by atoms with Crippen LogP contribution >= 0.6 is 0 Å². The van der Waals surface area contributed by atoms with Crippen molar-refractivity contribution in [2.75, 3.05) is 13.7 Å². The van der Waals surface area contributed by atoms with E-state index < -0.39 is 39.6 Å². The van der Waals surface area contributed by atoms with Gasteiger partial charge in [0.15, 0.2) is 0 Å². The lowest BCUT2D eigenvalue weighted by atomic mass is 10.1. The van der Waals surface area contributed by atoms with Crippen LogP contribution in [0.2, 0.25) is 0 Å². The van der Waals surface area contributed by atoms with Gasteiger partial charge in [0.2, 0.25) is 10.0 Å². The van der Waals surface area contributed by atoms with Gasteiger partial charge < -0.3 is 10.1 Å². The van der Waals surface area contributed by atoms with Crippen LogP contribution in [0.1, 0.15) is 35.8 Å². The Morgan fingerprint density at radius 2 is 1.75 bits per heavy atom. The lowest BCUT2D eigenvalue weighted by molar-refractivity contribution is 0.0939. The minimum Gasteiger partial charge on any atom is -0.383 e. The zero-order valence-corrected chi connectivity index (χ0v) is 16.5. The molecule has 0 bridgehead atoms. The topological polar surface area (TPSA) is 84.5 Å². The van der Waals surface area contributed by atoms with Crippen molar-refractivity contribution in [1.82, 2.24) is 10.0 Å². The predicted molar refractivity (Wildman–Crippen MR) is 100 cm³/mol. The average Bonchev–Trinajstić information content (AvgIpc) is 2.61. The molecule has 0 fully saturated rings. The van der Waals surface area contributed by atoms with Crippen LogP contribution in [0.4, 0.5) is 8.78 Å². The van der Waals surface area contributed by atoms with Crippen LogP contribution in [0.25, 0.3) is 0 Å². The maximum absolute atomic E-state index is 13.8. The first kappa shape index (κ1) is 21.9. The molecule has 0 unspecified atom stereocenters. The van der Waals surface area contributed by atoms with Crippen molar-refractivity contribution in [3.63, 3.8) is 0 Å². The summed E-state index contributed by atoms with van der Waals surface area (Å²) in [6, 6.07) is 7.33. The van der Waals surface area contributed by atoms with Crippen LogP contribution in [0.15, 0.2) is 47.4 Å². The van der Waals surface area contributed by atoms with Gasteiger partial charge in [-0.3, -0.25) is 4.79 Å². The van der Waals surface area contributed by atoms with Gasteiger partial charge in [-0.05, 0) is 44.2 Å². The molecular formula is C19H22F2N2O4S. The van der Waals surface area contributed by atoms with Gasteiger partial charge >= 0.3 is 0 Å². The van der Waals surface area contributed by atoms with Gasteiger partial charge in [-0.1, -0.05) is 6.07 Å². The lowest BCUT2D eigenvalue weighted by Crippen LogP contribution is -2.35. The van der Waals surface area contributed by atoms with E-state index in [0.717, 1.165) is 12.1 Å². The molecule has 2 N–H and O–H groups in total. The highest BCUT2D eigenvalue weighted by Gasteiger charge is 2.19. The lowest BCUT2D eigenvalue weighted by Gasteiger charge is -2.16. The molecule has 0 saturated carbocycles. The van der Waals surface area contributed by atoms with Crippen LogP contribution in [0, 0.1) is 11.6 Å². The first-order valence-electron chi connectivity index (χ1n) is 8.51. The molecule has 2 aromatic rings. The third-order valence-electron chi connectivity index (χ3n) is 3.98. The third kappa shape index (κ3) is 5.57. The number of carbonyl (C=O) groups excluding carboxylic acids is 1. The van der Waals surface area contributed by atoms with E-state index in [9.17, 15) is 22.0 Å². The van der Waals surface area contributed by atoms with Crippen LogP contribution in [0.3, 0.4) is 0 Å². The number of carbonyl (C=O) groups is 1. The average molecular weight is 412 g/mol. The van der Waals surface area contributed by atoms with E-state index in [1.807, 2.05) is 0 Å². The zero-order chi connectivity index (χ0) is 20.9. The zero-order valence-electron chi connectivity index (χ0n) is 15.7. The summed E-state index contributed by atoms with van der Waals surface area (Å²) < 4.78 is 58.8. The van der Waals surface area contributed by atoms with Crippen molar-refractivity contribution in [2.24, 2.45) is 0 Å². The Hall–Kier alpha value is -2.36. The summed E-state index contributed by atoms with van der Waals surface area (Å²) in [6.07, 6.45) is 0. The highest BCUT2D eigenvalue weighted by Crippen LogP contribution is 2.19. The summed E-state index contributed by atoms with van der Waals surface area (Å²) in [4.78, 5) is 12.3. The quantitative estimate of drug-likeness (QED) is 0.698. The van der Waals surface area contributed by atoms with E-state index in [0.29, 0.717) is 0 Å². The summed E-state index contributed by atoms with van der Waals surface area (Å²) in [5, 5.41) is 2.60. The van der Waals surface area contributed by atoms with Gasteiger partial charge in [0.1, 0.15) is 11.6 Å². The summed E-state index contributed by atoms with van der Waals surface area (Å²) in [6.45, 7) is 3.45. The number of rotatable bonds is 8. The molecule has 6 nitrogen and oxygen atoms in total. The molecule has 2 atom stereocenters. The maximum atomic E-state index is 13.8. The monoisotopic (exact) mass is 412 g/mol. The Morgan fingerprint density at radius 3 is 2.32 bits per heavy atom. The Balaban J connectivity index is 2.09. The van der Waals surface area contributed by atoms with Crippen LogP contribution in [-0.4, -0.2) is 34.1 Å². The van der Waals surface area contributed by atoms with Gasteiger partial charge in [-0.2, -0.15) is 0 Å². The van der Waals surface area contributed by atoms with Crippen LogP contribution < -0.4 is 10.0 Å². The fraction of sp³-hybridized carbons (Fsp3) is 0.316. The molecule has 0 radical (unpaired) electrons. The standard InChI is InChI=1S/C19H22F2N2O4S/c1-12(11-27-3)23-28(25,26)16-7-4-14(5-8-16)19(24)22-13(2)17-9-6-15(20)10-18(17)21/h4-10,12-13,23H,11H2,1-3H3,(H,22,24)/t12-,13+/m1/s1. The van der Waals surface area contributed by atoms with Gasteiger partial charge in [0, 0.05) is 30.3 Å². The number of methoxy groups -OCH3 is 1. The van der Waals surface area contributed by atoms with Gasteiger partial charge in [-0.25, -0.2) is 21.9 Å². The normalized spacial score (nSPS) is 13.8. The summed E-state index contributed by atoms with van der Waals surface area (Å²) in [5.74, 6) is -1.98. The van der Waals surface area contributed by atoms with E-state index >= 15 is 0 Å². The molecule has 1 amide bonds. The molecule has 0 aliphatic carbocycles. The van der Waals surface area contributed by atoms with Crippen molar-refractivity contribution < 1.29 is 26.7 Å². The molecule has 0 aliphatic heterocycles. The van der Waals surface area contributed by atoms with Crippen molar-refractivity contribution in [3.05, 3.63) is 65.2 Å². The SMILES string of the molecule is COC[C@@H](C)NS(=O)(=O)c1ccc(C(=O)N[C@@H](C)c2ccc(F)cc2F)cc1. The van der Waals surface area contributed by atoms with E-state index in [4.69, 9.17) is 4.74 Å². The van der Waals surface area contributed by atoms with Crippen LogP contribution in [-0.2, 0) is 14.8 Å². The van der Waals surface area contributed by atoms with Gasteiger partial charge in [-0.15, -0.1) is 0 Å². The molecule has 2 rings (SSSR count). The second-order valence-corrected chi connectivity index (χ2v) is 8.08. The molecule has 152 valence electrons. The van der Waals surface area contributed by atoms with Crippen molar-refractivity contribution in [1.29, 1.82) is 0 Å². The largest absolute Gasteiger partial charge is 0.383 e. The Labute approximate surface area is 163 Å². The summed E-state index contributed by atoms with van der Waals surface area (Å²) >= 11 is 0. The van der Waals surface area contributed by atoms with E-state index in [1.54, 1.807) is 13.8 Å². The maximum Gasteiger partial charge on any atom is 0.251 e. The highest BCUT2D eigenvalue weighted by molar-refractivity contribution is 7.89. The van der Waals surface area contributed by atoms with E-state index in [1.165, 1.54) is 37.4 Å². The number of sulfonamides is 1. The number of halogens is 2. The minimum absolute atomic E-state index is 0.00429. The molecule has 9 heteroatoms. The summed E-state index contributed by atoms with van der Waals surface area (Å²) in [5.41, 5.74) is 0.350. The number of benzene rings is 2. The molecule has 0 aliphatic rings. The fourth-order valence-corrected chi connectivity index (χ4v) is 3.84. The minimum atomic E-state index is -3.75. The van der Waals surface area contributed by atoms with Crippen molar-refractivity contribution in [2.45, 2.75) is 30.8 Å². The number of nitrogens with one attached hydrogen (secondary N) is 2. The van der Waals surface area contributed by atoms with Gasteiger partial charge in [0.25, 0.3) is 5.91 Å². The first-order valence-corrected chi connectivity index (χ1v) is 9.99. The highest BCUT2D eigenvalue weighted by atomic mass is 32.2.